The Morgan fingerprint density at radius 2 is 1.49 bits per heavy atom. The van der Waals surface area contributed by atoms with Crippen molar-refractivity contribution in [1.82, 2.24) is 14.5 Å². The molecule has 7 nitrogen and oxygen atoms in total. The molecule has 0 aliphatic heterocycles. The number of carbonyl (C=O) groups excluding carboxylic acids is 1. The summed E-state index contributed by atoms with van der Waals surface area (Å²) in [7, 11) is 0. The van der Waals surface area contributed by atoms with Gasteiger partial charge >= 0.3 is 0 Å². The van der Waals surface area contributed by atoms with Crippen molar-refractivity contribution in [2.45, 2.75) is 58.2 Å². The van der Waals surface area contributed by atoms with Crippen LogP contribution in [-0.4, -0.2) is 32.7 Å². The minimum Gasteiger partial charge on any atom is -0.384 e. The molecule has 1 fully saturated rings. The lowest BCUT2D eigenvalue weighted by Gasteiger charge is -2.23. The van der Waals surface area contributed by atoms with E-state index in [9.17, 15) is 4.79 Å². The van der Waals surface area contributed by atoms with E-state index in [0.717, 1.165) is 65.8 Å². The van der Waals surface area contributed by atoms with Crippen molar-refractivity contribution in [3.63, 3.8) is 0 Å². The minimum absolute atomic E-state index is 0.0247. The van der Waals surface area contributed by atoms with E-state index in [-0.39, 0.29) is 11.7 Å². The third kappa shape index (κ3) is 7.67. The van der Waals surface area contributed by atoms with Crippen LogP contribution in [0, 0.1) is 11.3 Å². The van der Waals surface area contributed by atoms with Gasteiger partial charge in [-0.25, -0.2) is 4.98 Å². The molecule has 1 aliphatic carbocycles. The first-order valence-corrected chi connectivity index (χ1v) is 16.0. The van der Waals surface area contributed by atoms with Crippen LogP contribution in [0.1, 0.15) is 63.3 Å². The monoisotopic (exact) mass is 598 g/mol. The van der Waals surface area contributed by atoms with E-state index in [1.54, 1.807) is 0 Å². The van der Waals surface area contributed by atoms with Crippen LogP contribution in [0.5, 0.6) is 0 Å². The molecule has 0 spiro atoms. The number of amides is 1. The number of rotatable bonds is 14. The lowest BCUT2D eigenvalue weighted by atomic mass is 10.1. The summed E-state index contributed by atoms with van der Waals surface area (Å²) in [4.78, 5) is 21.1. The van der Waals surface area contributed by atoms with Crippen molar-refractivity contribution in [1.29, 1.82) is 5.41 Å². The SMILES string of the molecule is N=C(N)c1ccc(CCc2nc3cc(C(=O)N(CCCc4ccccc4)Cc4ccc(CN)cc4)ccc3n2CC2CC2)cc1. The number of nitrogens with two attached hydrogens (primary N) is 2. The van der Waals surface area contributed by atoms with E-state index >= 15 is 0 Å². The van der Waals surface area contributed by atoms with E-state index < -0.39 is 0 Å². The van der Waals surface area contributed by atoms with E-state index in [1.807, 2.05) is 59.5 Å². The van der Waals surface area contributed by atoms with Gasteiger partial charge in [-0.3, -0.25) is 10.2 Å². The first-order chi connectivity index (χ1) is 22.0. The Labute approximate surface area is 265 Å². The van der Waals surface area contributed by atoms with Gasteiger partial charge in [0.15, 0.2) is 0 Å². The summed E-state index contributed by atoms with van der Waals surface area (Å²) in [6.07, 6.45) is 5.96. The Kier molecular flexibility index (Phi) is 9.36. The number of carbonyl (C=O) groups is 1. The molecule has 0 radical (unpaired) electrons. The molecule has 1 heterocycles. The largest absolute Gasteiger partial charge is 0.384 e. The van der Waals surface area contributed by atoms with Gasteiger partial charge in [0.05, 0.1) is 11.0 Å². The van der Waals surface area contributed by atoms with Crippen molar-refractivity contribution >= 4 is 22.8 Å². The van der Waals surface area contributed by atoms with Crippen molar-refractivity contribution < 1.29 is 4.79 Å². The molecule has 5 aromatic rings. The fraction of sp³-hybridized carbons (Fsp3) is 0.289. The smallest absolute Gasteiger partial charge is 0.254 e. The summed E-state index contributed by atoms with van der Waals surface area (Å²) in [5, 5.41) is 7.65. The lowest BCUT2D eigenvalue weighted by molar-refractivity contribution is 0.0741. The van der Waals surface area contributed by atoms with E-state index in [4.69, 9.17) is 21.9 Å². The maximum absolute atomic E-state index is 14.1. The number of amidine groups is 1. The predicted molar refractivity (Wildman–Crippen MR) is 181 cm³/mol. The number of hydrogen-bond acceptors (Lipinski definition) is 4. The molecule has 45 heavy (non-hydrogen) atoms. The van der Waals surface area contributed by atoms with Crippen molar-refractivity contribution in [2.75, 3.05) is 6.54 Å². The second kappa shape index (κ2) is 13.9. The van der Waals surface area contributed by atoms with Crippen molar-refractivity contribution in [2.24, 2.45) is 17.4 Å². The molecule has 230 valence electrons. The fourth-order valence-corrected chi connectivity index (χ4v) is 5.93. The molecule has 5 N–H and O–H groups in total. The molecule has 1 aliphatic rings. The van der Waals surface area contributed by atoms with Crippen molar-refractivity contribution in [3.05, 3.63) is 136 Å². The van der Waals surface area contributed by atoms with Gasteiger partial charge in [-0.05, 0) is 78.5 Å². The first kappa shape index (κ1) is 30.3. The van der Waals surface area contributed by atoms with Crippen LogP contribution in [0.25, 0.3) is 11.0 Å². The highest BCUT2D eigenvalue weighted by molar-refractivity contribution is 5.97. The second-order valence-electron chi connectivity index (χ2n) is 12.2. The number of imidazole rings is 1. The van der Waals surface area contributed by atoms with Crippen LogP contribution in [-0.2, 0) is 38.9 Å². The molecule has 1 amide bonds. The average molecular weight is 599 g/mol. The number of aromatic nitrogens is 2. The highest BCUT2D eigenvalue weighted by atomic mass is 16.2. The van der Waals surface area contributed by atoms with Crippen LogP contribution in [0.15, 0.2) is 97.1 Å². The average Bonchev–Trinajstić information content (AvgIpc) is 3.83. The Morgan fingerprint density at radius 3 is 2.18 bits per heavy atom. The van der Waals surface area contributed by atoms with E-state index in [0.29, 0.717) is 31.1 Å². The number of nitrogens with one attached hydrogen (secondary N) is 1. The third-order valence-corrected chi connectivity index (χ3v) is 8.77. The summed E-state index contributed by atoms with van der Waals surface area (Å²) >= 11 is 0. The Balaban J connectivity index is 1.23. The summed E-state index contributed by atoms with van der Waals surface area (Å²) in [6.45, 7) is 2.67. The number of benzene rings is 4. The van der Waals surface area contributed by atoms with Gasteiger partial charge < -0.3 is 20.9 Å². The molecule has 1 saturated carbocycles. The van der Waals surface area contributed by atoms with E-state index in [2.05, 4.69) is 47.0 Å². The number of nitrogen functional groups attached to an aromatic ring is 1. The molecule has 0 bridgehead atoms. The number of fused-ring (bicyclic) bond motifs is 1. The van der Waals surface area contributed by atoms with Crippen LogP contribution in [0.3, 0.4) is 0 Å². The molecule has 6 rings (SSSR count). The van der Waals surface area contributed by atoms with Crippen LogP contribution in [0.2, 0.25) is 0 Å². The zero-order valence-corrected chi connectivity index (χ0v) is 25.8. The summed E-state index contributed by atoms with van der Waals surface area (Å²) in [5.41, 5.74) is 19.5. The predicted octanol–water partition coefficient (Wildman–Crippen LogP) is 6.25. The zero-order valence-electron chi connectivity index (χ0n) is 25.8. The van der Waals surface area contributed by atoms with Gasteiger partial charge in [-0.1, -0.05) is 78.9 Å². The first-order valence-electron chi connectivity index (χ1n) is 16.0. The van der Waals surface area contributed by atoms with E-state index in [1.165, 1.54) is 24.0 Å². The van der Waals surface area contributed by atoms with Crippen LogP contribution < -0.4 is 11.5 Å². The molecular formula is C38H42N6O. The number of hydrogen-bond donors (Lipinski definition) is 3. The van der Waals surface area contributed by atoms with Gasteiger partial charge in [0.25, 0.3) is 5.91 Å². The molecular weight excluding hydrogens is 556 g/mol. The Hall–Kier alpha value is -4.75. The number of aryl methyl sites for hydroxylation is 3. The normalized spacial score (nSPS) is 12.8. The highest BCUT2D eigenvalue weighted by Crippen LogP contribution is 2.33. The zero-order chi connectivity index (χ0) is 31.2. The van der Waals surface area contributed by atoms with Gasteiger partial charge in [-0.2, -0.15) is 0 Å². The Bertz CT molecular complexity index is 1750. The molecule has 0 saturated heterocycles. The van der Waals surface area contributed by atoms with Gasteiger partial charge in [-0.15, -0.1) is 0 Å². The molecule has 0 unspecified atom stereocenters. The topological polar surface area (TPSA) is 114 Å². The molecule has 0 atom stereocenters. The van der Waals surface area contributed by atoms with Crippen molar-refractivity contribution in [3.8, 4) is 0 Å². The summed E-state index contributed by atoms with van der Waals surface area (Å²) < 4.78 is 2.36. The molecule has 1 aromatic heterocycles. The second-order valence-corrected chi connectivity index (χ2v) is 12.2. The third-order valence-electron chi connectivity index (χ3n) is 8.77. The maximum Gasteiger partial charge on any atom is 0.254 e. The Morgan fingerprint density at radius 1 is 0.822 bits per heavy atom. The lowest BCUT2D eigenvalue weighted by Crippen LogP contribution is -2.31. The summed E-state index contributed by atoms with van der Waals surface area (Å²) in [6, 6.07) is 32.6. The minimum atomic E-state index is 0.0247. The highest BCUT2D eigenvalue weighted by Gasteiger charge is 2.25. The van der Waals surface area contributed by atoms with Gasteiger partial charge in [0.2, 0.25) is 0 Å². The standard InChI is InChI=1S/C38H42N6O/c39-24-29-8-10-30(11-9-29)25-43(22-4-7-27-5-2-1-3-6-27)38(45)33-19-20-35-34(23-33)42-36(44(35)26-31-12-13-31)21-16-28-14-17-32(18-15-28)37(40)41/h1-3,5-6,8-11,14-15,17-20,23,31H,4,7,12-13,16,21-22,24-26,39H2,(H3,40,41). The van der Waals surface area contributed by atoms with Crippen LogP contribution >= 0.6 is 0 Å². The molecule has 4 aromatic carbocycles. The quantitative estimate of drug-likeness (QED) is 0.104. The fourth-order valence-electron chi connectivity index (χ4n) is 5.93. The number of nitrogens with zero attached hydrogens (tertiary/aromatic N) is 3. The maximum atomic E-state index is 14.1. The van der Waals surface area contributed by atoms with Gasteiger partial charge in [0.1, 0.15) is 11.7 Å². The molecule has 7 heteroatoms. The van der Waals surface area contributed by atoms with Gasteiger partial charge in [0, 0.05) is 43.7 Å². The van der Waals surface area contributed by atoms with Crippen LogP contribution in [0.4, 0.5) is 0 Å². The summed E-state index contributed by atoms with van der Waals surface area (Å²) in [5.74, 6) is 1.86.